The molecule has 1 rings (SSSR count). The van der Waals surface area contributed by atoms with E-state index in [1.54, 1.807) is 26.0 Å². The van der Waals surface area contributed by atoms with E-state index >= 15 is 0 Å². The third-order valence-corrected chi connectivity index (χ3v) is 2.46. The lowest BCUT2D eigenvalue weighted by Gasteiger charge is -2.14. The lowest BCUT2D eigenvalue weighted by Crippen LogP contribution is -2.48. The van der Waals surface area contributed by atoms with Crippen LogP contribution in [0.3, 0.4) is 0 Å². The Morgan fingerprint density at radius 3 is 2.42 bits per heavy atom. The van der Waals surface area contributed by atoms with Crippen molar-refractivity contribution < 1.29 is 14.0 Å². The molecule has 0 radical (unpaired) electrons. The number of nitrogens with one attached hydrogen (secondary N) is 3. The molecule has 0 unspecified atom stereocenters. The van der Waals surface area contributed by atoms with Gasteiger partial charge in [-0.25, -0.2) is 9.18 Å². The summed E-state index contributed by atoms with van der Waals surface area (Å²) in [5, 5.41) is 7.71. The lowest BCUT2D eigenvalue weighted by molar-refractivity contribution is -0.122. The average molecular weight is 267 g/mol. The van der Waals surface area contributed by atoms with Gasteiger partial charge in [-0.05, 0) is 31.5 Å². The highest BCUT2D eigenvalue weighted by atomic mass is 19.1. The summed E-state index contributed by atoms with van der Waals surface area (Å²) in [5.41, 5.74) is 0.780. The van der Waals surface area contributed by atoms with Crippen molar-refractivity contribution in [1.82, 2.24) is 16.0 Å². The van der Waals surface area contributed by atoms with Gasteiger partial charge in [0.1, 0.15) is 11.9 Å². The lowest BCUT2D eigenvalue weighted by atomic mass is 10.2. The molecule has 0 aliphatic heterocycles. The van der Waals surface area contributed by atoms with Gasteiger partial charge in [0.05, 0.1) is 0 Å². The maximum Gasteiger partial charge on any atom is 0.315 e. The first-order chi connectivity index (χ1) is 9.02. The zero-order chi connectivity index (χ0) is 14.3. The van der Waals surface area contributed by atoms with E-state index < -0.39 is 12.1 Å². The normalized spacial score (nSPS) is 11.5. The minimum absolute atomic E-state index is 0.237. The number of likely N-dealkylation sites (N-methyl/N-ethyl adjacent to an activating group) is 1. The fourth-order valence-corrected chi connectivity index (χ4v) is 1.43. The SMILES string of the molecule is CCNC(=O)[C@@H](C)NC(=O)NCc1ccc(F)cc1. The third-order valence-electron chi connectivity index (χ3n) is 2.46. The van der Waals surface area contributed by atoms with Gasteiger partial charge in [0.2, 0.25) is 5.91 Å². The Bertz CT molecular complexity index is 434. The molecule has 1 atom stereocenters. The van der Waals surface area contributed by atoms with Gasteiger partial charge in [0.15, 0.2) is 0 Å². The van der Waals surface area contributed by atoms with Gasteiger partial charge in [0, 0.05) is 13.1 Å². The number of carbonyl (C=O) groups excluding carboxylic acids is 2. The van der Waals surface area contributed by atoms with E-state index in [2.05, 4.69) is 16.0 Å². The second-order valence-electron chi connectivity index (χ2n) is 4.07. The van der Waals surface area contributed by atoms with Crippen LogP contribution in [-0.2, 0) is 11.3 Å². The zero-order valence-electron chi connectivity index (χ0n) is 11.0. The van der Waals surface area contributed by atoms with Crippen LogP contribution >= 0.6 is 0 Å². The van der Waals surface area contributed by atoms with Gasteiger partial charge in [-0.1, -0.05) is 12.1 Å². The van der Waals surface area contributed by atoms with Gasteiger partial charge in [0.25, 0.3) is 0 Å². The summed E-state index contributed by atoms with van der Waals surface area (Å²) < 4.78 is 12.7. The van der Waals surface area contributed by atoms with Crippen LogP contribution in [0.25, 0.3) is 0 Å². The molecular formula is C13H18FN3O2. The van der Waals surface area contributed by atoms with Crippen LogP contribution in [0.4, 0.5) is 9.18 Å². The average Bonchev–Trinajstić information content (AvgIpc) is 2.38. The second kappa shape index (κ2) is 7.35. The highest BCUT2D eigenvalue weighted by molar-refractivity contribution is 5.86. The molecule has 0 heterocycles. The van der Waals surface area contributed by atoms with Gasteiger partial charge >= 0.3 is 6.03 Å². The number of rotatable bonds is 5. The fourth-order valence-electron chi connectivity index (χ4n) is 1.43. The molecule has 0 aromatic heterocycles. The monoisotopic (exact) mass is 267 g/mol. The van der Waals surface area contributed by atoms with Crippen molar-refractivity contribution in [3.05, 3.63) is 35.6 Å². The van der Waals surface area contributed by atoms with Gasteiger partial charge in [-0.15, -0.1) is 0 Å². The van der Waals surface area contributed by atoms with Crippen molar-refractivity contribution in [2.45, 2.75) is 26.4 Å². The summed E-state index contributed by atoms with van der Waals surface area (Å²) >= 11 is 0. The van der Waals surface area contributed by atoms with Crippen molar-refractivity contribution in [3.63, 3.8) is 0 Å². The largest absolute Gasteiger partial charge is 0.355 e. The molecule has 19 heavy (non-hydrogen) atoms. The summed E-state index contributed by atoms with van der Waals surface area (Å²) in [6, 6.07) is 4.78. The van der Waals surface area contributed by atoms with E-state index in [1.165, 1.54) is 12.1 Å². The molecule has 104 valence electrons. The van der Waals surface area contributed by atoms with Crippen LogP contribution in [0.15, 0.2) is 24.3 Å². The van der Waals surface area contributed by atoms with E-state index in [0.29, 0.717) is 6.54 Å². The molecule has 3 amide bonds. The van der Waals surface area contributed by atoms with Crippen LogP contribution in [-0.4, -0.2) is 24.5 Å². The van der Waals surface area contributed by atoms with Crippen molar-refractivity contribution in [1.29, 1.82) is 0 Å². The Labute approximate surface area is 111 Å². The van der Waals surface area contributed by atoms with Crippen LogP contribution < -0.4 is 16.0 Å². The fraction of sp³-hybridized carbons (Fsp3) is 0.385. The Hall–Kier alpha value is -2.11. The van der Waals surface area contributed by atoms with Crippen LogP contribution in [0.2, 0.25) is 0 Å². The van der Waals surface area contributed by atoms with Crippen molar-refractivity contribution >= 4 is 11.9 Å². The Balaban J connectivity index is 2.35. The predicted molar refractivity (Wildman–Crippen MR) is 69.9 cm³/mol. The quantitative estimate of drug-likeness (QED) is 0.749. The standard InChI is InChI=1S/C13H18FN3O2/c1-3-15-12(18)9(2)17-13(19)16-8-10-4-6-11(14)7-5-10/h4-7,9H,3,8H2,1-2H3,(H,15,18)(H2,16,17,19)/t9-/m1/s1. The van der Waals surface area contributed by atoms with E-state index in [0.717, 1.165) is 5.56 Å². The maximum absolute atomic E-state index is 12.7. The summed E-state index contributed by atoms with van der Waals surface area (Å²) in [4.78, 5) is 22.9. The van der Waals surface area contributed by atoms with Crippen LogP contribution in [0, 0.1) is 5.82 Å². The zero-order valence-corrected chi connectivity index (χ0v) is 11.0. The molecule has 0 fully saturated rings. The number of benzene rings is 1. The number of carbonyl (C=O) groups is 2. The maximum atomic E-state index is 12.7. The number of hydrogen-bond acceptors (Lipinski definition) is 2. The van der Waals surface area contributed by atoms with Crippen molar-refractivity contribution in [3.8, 4) is 0 Å². The minimum atomic E-state index is -0.604. The molecule has 0 bridgehead atoms. The second-order valence-corrected chi connectivity index (χ2v) is 4.07. The van der Waals surface area contributed by atoms with Crippen molar-refractivity contribution in [2.75, 3.05) is 6.54 Å². The van der Waals surface area contributed by atoms with Crippen molar-refractivity contribution in [2.24, 2.45) is 0 Å². The number of hydrogen-bond donors (Lipinski definition) is 3. The molecule has 0 saturated heterocycles. The molecule has 0 aliphatic carbocycles. The summed E-state index contributed by atoms with van der Waals surface area (Å²) in [5.74, 6) is -0.558. The molecule has 0 spiro atoms. The minimum Gasteiger partial charge on any atom is -0.355 e. The molecule has 5 nitrogen and oxygen atoms in total. The van der Waals surface area contributed by atoms with Crippen LogP contribution in [0.5, 0.6) is 0 Å². The van der Waals surface area contributed by atoms with Gasteiger partial charge in [-0.2, -0.15) is 0 Å². The van der Waals surface area contributed by atoms with E-state index in [9.17, 15) is 14.0 Å². The highest BCUT2D eigenvalue weighted by Crippen LogP contribution is 2.01. The first-order valence-electron chi connectivity index (χ1n) is 6.09. The Morgan fingerprint density at radius 1 is 1.21 bits per heavy atom. The Morgan fingerprint density at radius 2 is 1.84 bits per heavy atom. The molecule has 0 aliphatic rings. The number of amides is 3. The molecular weight excluding hydrogens is 249 g/mol. The number of halogens is 1. The predicted octanol–water partition coefficient (Wildman–Crippen LogP) is 1.15. The molecule has 6 heteroatoms. The van der Waals surface area contributed by atoms with Gasteiger partial charge in [-0.3, -0.25) is 4.79 Å². The number of urea groups is 1. The van der Waals surface area contributed by atoms with Crippen LogP contribution in [0.1, 0.15) is 19.4 Å². The first-order valence-corrected chi connectivity index (χ1v) is 6.09. The van der Waals surface area contributed by atoms with E-state index in [-0.39, 0.29) is 18.3 Å². The third kappa shape index (κ3) is 5.37. The topological polar surface area (TPSA) is 70.2 Å². The van der Waals surface area contributed by atoms with E-state index in [1.807, 2.05) is 0 Å². The highest BCUT2D eigenvalue weighted by Gasteiger charge is 2.13. The summed E-state index contributed by atoms with van der Waals surface area (Å²) in [6.07, 6.45) is 0. The summed E-state index contributed by atoms with van der Waals surface area (Å²) in [7, 11) is 0. The van der Waals surface area contributed by atoms with Gasteiger partial charge < -0.3 is 16.0 Å². The summed E-state index contributed by atoms with van der Waals surface area (Å²) in [6.45, 7) is 4.19. The van der Waals surface area contributed by atoms with E-state index in [4.69, 9.17) is 0 Å². The molecule has 1 aromatic carbocycles. The first kappa shape index (κ1) is 14.9. The molecule has 1 aromatic rings. The molecule has 0 saturated carbocycles. The smallest absolute Gasteiger partial charge is 0.315 e. The molecule has 3 N–H and O–H groups in total. The Kier molecular flexibility index (Phi) is 5.78.